The highest BCUT2D eigenvalue weighted by Crippen LogP contribution is 2.32. The first-order valence-corrected chi connectivity index (χ1v) is 4.07. The van der Waals surface area contributed by atoms with Crippen molar-refractivity contribution in [1.82, 2.24) is 5.32 Å². The van der Waals surface area contributed by atoms with Crippen LogP contribution in [0.25, 0.3) is 0 Å². The van der Waals surface area contributed by atoms with Crippen molar-refractivity contribution in [3.05, 3.63) is 0 Å². The molecule has 1 rings (SSSR count). The van der Waals surface area contributed by atoms with Crippen LogP contribution in [0.2, 0.25) is 0 Å². The van der Waals surface area contributed by atoms with Gasteiger partial charge in [0.05, 0.1) is 5.54 Å². The van der Waals surface area contributed by atoms with Gasteiger partial charge in [0.15, 0.2) is 0 Å². The molecule has 0 atom stereocenters. The minimum absolute atomic E-state index is 0.0281. The van der Waals surface area contributed by atoms with Gasteiger partial charge >= 0.3 is 0 Å². The van der Waals surface area contributed by atoms with Crippen LogP contribution in [0.3, 0.4) is 0 Å². The molecule has 0 heterocycles. The van der Waals surface area contributed by atoms with Gasteiger partial charge in [-0.15, -0.1) is 11.6 Å². The summed E-state index contributed by atoms with van der Waals surface area (Å²) < 4.78 is 0. The van der Waals surface area contributed by atoms with E-state index < -0.39 is 0 Å². The van der Waals surface area contributed by atoms with Gasteiger partial charge in [0, 0.05) is 12.8 Å². The first kappa shape index (κ1) is 7.86. The summed E-state index contributed by atoms with van der Waals surface area (Å²) in [7, 11) is 0. The van der Waals surface area contributed by atoms with Gasteiger partial charge in [0.2, 0.25) is 5.91 Å². The van der Waals surface area contributed by atoms with Gasteiger partial charge in [-0.3, -0.25) is 4.79 Å². The summed E-state index contributed by atoms with van der Waals surface area (Å²) in [4.78, 5) is 10.6. The second-order valence-electron chi connectivity index (χ2n) is 2.95. The Labute approximate surface area is 65.9 Å². The standard InChI is InChI=1S/C7H12ClNO/c1-6(10)9-7(5-8)3-2-4-7/h2-5H2,1H3,(H,9,10). The summed E-state index contributed by atoms with van der Waals surface area (Å²) in [5, 5.41) is 2.87. The molecule has 58 valence electrons. The van der Waals surface area contributed by atoms with Crippen LogP contribution in [-0.4, -0.2) is 17.3 Å². The maximum Gasteiger partial charge on any atom is 0.217 e. The molecule has 0 saturated heterocycles. The van der Waals surface area contributed by atoms with Crippen molar-refractivity contribution in [2.75, 3.05) is 5.88 Å². The molecular weight excluding hydrogens is 150 g/mol. The Morgan fingerprint density at radius 2 is 2.30 bits per heavy atom. The normalized spacial score (nSPS) is 21.4. The third-order valence-electron chi connectivity index (χ3n) is 2.01. The number of halogens is 1. The fourth-order valence-corrected chi connectivity index (χ4v) is 1.60. The van der Waals surface area contributed by atoms with Crippen LogP contribution in [-0.2, 0) is 4.79 Å². The number of rotatable bonds is 2. The predicted molar refractivity (Wildman–Crippen MR) is 41.1 cm³/mol. The molecule has 0 unspecified atom stereocenters. The highest BCUT2D eigenvalue weighted by atomic mass is 35.5. The van der Waals surface area contributed by atoms with Gasteiger partial charge < -0.3 is 5.32 Å². The highest BCUT2D eigenvalue weighted by molar-refractivity contribution is 6.18. The molecule has 0 aromatic rings. The molecule has 0 radical (unpaired) electrons. The lowest BCUT2D eigenvalue weighted by Crippen LogP contribution is -2.54. The molecule has 0 aromatic heterocycles. The largest absolute Gasteiger partial charge is 0.350 e. The lowest BCUT2D eigenvalue weighted by molar-refractivity contribution is -0.121. The van der Waals surface area contributed by atoms with E-state index in [9.17, 15) is 4.79 Å². The Hall–Kier alpha value is -0.240. The molecule has 3 heteroatoms. The third kappa shape index (κ3) is 1.43. The van der Waals surface area contributed by atoms with Crippen molar-refractivity contribution in [3.8, 4) is 0 Å². The van der Waals surface area contributed by atoms with Gasteiger partial charge in [-0.25, -0.2) is 0 Å². The van der Waals surface area contributed by atoms with E-state index in [1.54, 1.807) is 0 Å². The van der Waals surface area contributed by atoms with Crippen LogP contribution in [0.15, 0.2) is 0 Å². The third-order valence-corrected chi connectivity index (χ3v) is 2.52. The summed E-state index contributed by atoms with van der Waals surface area (Å²) in [5.41, 5.74) is -0.0482. The summed E-state index contributed by atoms with van der Waals surface area (Å²) in [6.07, 6.45) is 3.26. The molecule has 0 bridgehead atoms. The topological polar surface area (TPSA) is 29.1 Å². The maximum absolute atomic E-state index is 10.6. The van der Waals surface area contributed by atoms with Crippen molar-refractivity contribution in [2.24, 2.45) is 0 Å². The number of carbonyl (C=O) groups is 1. The smallest absolute Gasteiger partial charge is 0.217 e. The Balaban J connectivity index is 2.40. The van der Waals surface area contributed by atoms with Crippen molar-refractivity contribution in [3.63, 3.8) is 0 Å². The summed E-state index contributed by atoms with van der Waals surface area (Å²) in [6, 6.07) is 0. The molecular formula is C7H12ClNO. The number of alkyl halides is 1. The Morgan fingerprint density at radius 3 is 2.40 bits per heavy atom. The second kappa shape index (κ2) is 2.79. The van der Waals surface area contributed by atoms with Gasteiger partial charge in [-0.05, 0) is 19.3 Å². The number of carbonyl (C=O) groups excluding carboxylic acids is 1. The fourth-order valence-electron chi connectivity index (χ4n) is 1.27. The van der Waals surface area contributed by atoms with Gasteiger partial charge in [0.25, 0.3) is 0 Å². The summed E-state index contributed by atoms with van der Waals surface area (Å²) in [6.45, 7) is 1.53. The van der Waals surface area contributed by atoms with Crippen LogP contribution >= 0.6 is 11.6 Å². The molecule has 2 nitrogen and oxygen atoms in total. The number of hydrogen-bond donors (Lipinski definition) is 1. The van der Waals surface area contributed by atoms with E-state index in [0.29, 0.717) is 5.88 Å². The van der Waals surface area contributed by atoms with Crippen molar-refractivity contribution in [2.45, 2.75) is 31.7 Å². The van der Waals surface area contributed by atoms with Gasteiger partial charge in [-0.1, -0.05) is 0 Å². The van der Waals surface area contributed by atoms with Crippen LogP contribution in [0.1, 0.15) is 26.2 Å². The molecule has 0 spiro atoms. The van der Waals surface area contributed by atoms with Crippen molar-refractivity contribution in [1.29, 1.82) is 0 Å². The second-order valence-corrected chi connectivity index (χ2v) is 3.22. The van der Waals surface area contributed by atoms with E-state index in [1.807, 2.05) is 0 Å². The van der Waals surface area contributed by atoms with E-state index in [4.69, 9.17) is 11.6 Å². The average molecular weight is 162 g/mol. The van der Waals surface area contributed by atoms with Crippen LogP contribution < -0.4 is 5.32 Å². The minimum Gasteiger partial charge on any atom is -0.350 e. The Morgan fingerprint density at radius 1 is 1.70 bits per heavy atom. The molecule has 0 aromatic carbocycles. The first-order valence-electron chi connectivity index (χ1n) is 3.53. The van der Waals surface area contributed by atoms with Crippen LogP contribution in [0, 0.1) is 0 Å². The zero-order valence-electron chi connectivity index (χ0n) is 6.11. The number of amides is 1. The van der Waals surface area contributed by atoms with Gasteiger partial charge in [0.1, 0.15) is 0 Å². The van der Waals surface area contributed by atoms with E-state index in [0.717, 1.165) is 12.8 Å². The summed E-state index contributed by atoms with van der Waals surface area (Å²) >= 11 is 5.69. The maximum atomic E-state index is 10.6. The van der Waals surface area contributed by atoms with E-state index >= 15 is 0 Å². The molecule has 1 saturated carbocycles. The first-order chi connectivity index (χ1) is 4.68. The molecule has 1 aliphatic rings. The average Bonchev–Trinajstić information content (AvgIpc) is 1.78. The SMILES string of the molecule is CC(=O)NC1(CCl)CCC1. The minimum atomic E-state index is -0.0482. The lowest BCUT2D eigenvalue weighted by atomic mass is 9.78. The molecule has 1 fully saturated rings. The lowest BCUT2D eigenvalue weighted by Gasteiger charge is -2.40. The molecule has 0 aliphatic heterocycles. The summed E-state index contributed by atoms with van der Waals surface area (Å²) in [5.74, 6) is 0.576. The van der Waals surface area contributed by atoms with Crippen LogP contribution in [0.5, 0.6) is 0 Å². The van der Waals surface area contributed by atoms with Crippen molar-refractivity contribution < 1.29 is 4.79 Å². The van der Waals surface area contributed by atoms with Gasteiger partial charge in [-0.2, -0.15) is 0 Å². The molecule has 10 heavy (non-hydrogen) atoms. The number of hydrogen-bond acceptors (Lipinski definition) is 1. The van der Waals surface area contributed by atoms with Crippen molar-refractivity contribution >= 4 is 17.5 Å². The van der Waals surface area contributed by atoms with E-state index in [2.05, 4.69) is 5.32 Å². The Kier molecular flexibility index (Phi) is 2.19. The Bertz CT molecular complexity index is 137. The molecule has 1 amide bonds. The quantitative estimate of drug-likeness (QED) is 0.608. The zero-order chi connectivity index (χ0) is 7.61. The zero-order valence-corrected chi connectivity index (χ0v) is 6.87. The molecule has 1 aliphatic carbocycles. The predicted octanol–water partition coefficient (Wildman–Crippen LogP) is 1.28. The highest BCUT2D eigenvalue weighted by Gasteiger charge is 2.36. The molecule has 1 N–H and O–H groups in total. The van der Waals surface area contributed by atoms with E-state index in [-0.39, 0.29) is 11.4 Å². The fraction of sp³-hybridized carbons (Fsp3) is 0.857. The number of nitrogens with one attached hydrogen (secondary N) is 1. The monoisotopic (exact) mass is 161 g/mol. The van der Waals surface area contributed by atoms with E-state index in [1.165, 1.54) is 13.3 Å². The van der Waals surface area contributed by atoms with Crippen LogP contribution in [0.4, 0.5) is 0 Å².